The predicted molar refractivity (Wildman–Crippen MR) is 43.6 cm³/mol. The van der Waals surface area contributed by atoms with Crippen LogP contribution in [0, 0.1) is 0 Å². The Labute approximate surface area is 77.8 Å². The molecule has 0 saturated carbocycles. The number of carbonyl (C=O) groups is 1. The minimum atomic E-state index is -1.73. The third-order valence-corrected chi connectivity index (χ3v) is 1.87. The third-order valence-electron chi connectivity index (χ3n) is 1.40. The Morgan fingerprint density at radius 2 is 1.58 bits per heavy atom. The molecule has 72 valence electrons. The average molecular weight is 243 g/mol. The van der Waals surface area contributed by atoms with Crippen molar-refractivity contribution < 1.29 is 25.2 Å². The number of hydrogen-bond donors (Lipinski definition) is 4. The molecule has 0 rings (SSSR count). The van der Waals surface area contributed by atoms with Gasteiger partial charge < -0.3 is 20.4 Å². The van der Waals surface area contributed by atoms with E-state index in [2.05, 4.69) is 15.9 Å². The SMILES string of the molecule is C[C@H](O)[C@@H](O)[C@@H](O)[C@H](O)C(=O)Br. The van der Waals surface area contributed by atoms with Gasteiger partial charge >= 0.3 is 0 Å². The lowest BCUT2D eigenvalue weighted by Gasteiger charge is -2.22. The van der Waals surface area contributed by atoms with Crippen LogP contribution in [0.15, 0.2) is 0 Å². The first kappa shape index (κ1) is 12.0. The molecule has 0 aromatic heterocycles. The van der Waals surface area contributed by atoms with Gasteiger partial charge in [0.2, 0.25) is 4.69 Å². The second-order valence-corrected chi connectivity index (χ2v) is 3.25. The molecule has 4 N–H and O–H groups in total. The van der Waals surface area contributed by atoms with E-state index < -0.39 is 29.1 Å². The van der Waals surface area contributed by atoms with E-state index in [0.717, 1.165) is 0 Å². The van der Waals surface area contributed by atoms with Crippen LogP contribution >= 0.6 is 15.9 Å². The minimum Gasteiger partial charge on any atom is -0.391 e. The van der Waals surface area contributed by atoms with E-state index in [0.29, 0.717) is 0 Å². The molecular formula is C6H11BrO5. The Balaban J connectivity index is 4.18. The lowest BCUT2D eigenvalue weighted by Crippen LogP contribution is -2.45. The molecule has 0 spiro atoms. The smallest absolute Gasteiger partial charge is 0.228 e. The van der Waals surface area contributed by atoms with Crippen molar-refractivity contribution in [1.29, 1.82) is 0 Å². The summed E-state index contributed by atoms with van der Waals surface area (Å²) in [4.78, 5) is 10.4. The highest BCUT2D eigenvalue weighted by Gasteiger charge is 2.31. The molecule has 0 aromatic rings. The fourth-order valence-electron chi connectivity index (χ4n) is 0.606. The van der Waals surface area contributed by atoms with Crippen LogP contribution in [-0.4, -0.2) is 49.5 Å². The molecular weight excluding hydrogens is 232 g/mol. The van der Waals surface area contributed by atoms with Crippen LogP contribution in [-0.2, 0) is 4.79 Å². The summed E-state index contributed by atoms with van der Waals surface area (Å²) in [6.07, 6.45) is -6.16. The van der Waals surface area contributed by atoms with Gasteiger partial charge in [0, 0.05) is 0 Å². The second kappa shape index (κ2) is 4.88. The van der Waals surface area contributed by atoms with E-state index in [1.54, 1.807) is 0 Å². The molecule has 0 aliphatic heterocycles. The van der Waals surface area contributed by atoms with E-state index in [1.165, 1.54) is 6.92 Å². The Morgan fingerprint density at radius 3 is 1.83 bits per heavy atom. The van der Waals surface area contributed by atoms with Crippen LogP contribution in [0.4, 0.5) is 0 Å². The first-order valence-electron chi connectivity index (χ1n) is 3.29. The number of rotatable bonds is 4. The highest BCUT2D eigenvalue weighted by molar-refractivity contribution is 9.18. The Bertz CT molecular complexity index is 160. The molecule has 6 heteroatoms. The molecule has 4 atom stereocenters. The summed E-state index contributed by atoms with van der Waals surface area (Å²) in [5.41, 5.74) is 0. The van der Waals surface area contributed by atoms with Gasteiger partial charge in [-0.15, -0.1) is 0 Å². The zero-order valence-electron chi connectivity index (χ0n) is 6.38. The molecule has 0 saturated heterocycles. The summed E-state index contributed by atoms with van der Waals surface area (Å²) >= 11 is 2.42. The number of aliphatic hydroxyl groups excluding tert-OH is 4. The Kier molecular flexibility index (Phi) is 4.88. The van der Waals surface area contributed by atoms with E-state index in [4.69, 9.17) is 20.4 Å². The van der Waals surface area contributed by atoms with Crippen molar-refractivity contribution in [3.63, 3.8) is 0 Å². The standard InChI is InChI=1S/C6H11BrO5/c1-2(8)3(9)4(10)5(11)6(7)12/h2-5,8-11H,1H3/t2-,3+,4+,5-/m0/s1. The third kappa shape index (κ3) is 3.16. The van der Waals surface area contributed by atoms with E-state index >= 15 is 0 Å². The van der Waals surface area contributed by atoms with E-state index in [1.807, 2.05) is 0 Å². The molecule has 0 aliphatic rings. The van der Waals surface area contributed by atoms with Crippen LogP contribution in [0.2, 0.25) is 0 Å². The molecule has 0 unspecified atom stereocenters. The van der Waals surface area contributed by atoms with Crippen molar-refractivity contribution in [3.8, 4) is 0 Å². The van der Waals surface area contributed by atoms with Crippen molar-refractivity contribution in [2.75, 3.05) is 0 Å². The lowest BCUT2D eigenvalue weighted by atomic mass is 10.1. The first-order chi connectivity index (χ1) is 5.37. The number of hydrogen-bond acceptors (Lipinski definition) is 5. The largest absolute Gasteiger partial charge is 0.391 e. The summed E-state index contributed by atoms with van der Waals surface area (Å²) in [5.74, 6) is 0. The number of aliphatic hydroxyl groups is 4. The van der Waals surface area contributed by atoms with Gasteiger partial charge in [-0.2, -0.15) is 0 Å². The molecule has 0 aliphatic carbocycles. The summed E-state index contributed by atoms with van der Waals surface area (Å²) in [6, 6.07) is 0. The maximum Gasteiger partial charge on any atom is 0.228 e. The Morgan fingerprint density at radius 1 is 1.17 bits per heavy atom. The van der Waals surface area contributed by atoms with Gasteiger partial charge in [-0.05, 0) is 22.9 Å². The lowest BCUT2D eigenvalue weighted by molar-refractivity contribution is -0.134. The van der Waals surface area contributed by atoms with Crippen LogP contribution in [0.3, 0.4) is 0 Å². The summed E-state index contributed by atoms with van der Waals surface area (Å²) in [5, 5.41) is 35.7. The Hall–Kier alpha value is -0.0100. The average Bonchev–Trinajstić information content (AvgIpc) is 2.00. The molecule has 0 fully saturated rings. The fourth-order valence-corrected chi connectivity index (χ4v) is 0.877. The number of carbonyl (C=O) groups excluding carboxylic acids is 1. The van der Waals surface area contributed by atoms with Crippen molar-refractivity contribution >= 4 is 20.6 Å². The second-order valence-electron chi connectivity index (χ2n) is 2.47. The molecule has 0 heterocycles. The monoisotopic (exact) mass is 242 g/mol. The molecule has 0 radical (unpaired) electrons. The van der Waals surface area contributed by atoms with Crippen molar-refractivity contribution in [1.82, 2.24) is 0 Å². The van der Waals surface area contributed by atoms with Crippen LogP contribution in [0.1, 0.15) is 6.92 Å². The molecule has 5 nitrogen and oxygen atoms in total. The molecule has 12 heavy (non-hydrogen) atoms. The van der Waals surface area contributed by atoms with Crippen LogP contribution in [0.25, 0.3) is 0 Å². The summed E-state index contributed by atoms with van der Waals surface area (Å²) in [6.45, 7) is 1.24. The van der Waals surface area contributed by atoms with Gasteiger partial charge in [0.05, 0.1) is 6.10 Å². The molecule has 0 bridgehead atoms. The molecule has 0 amide bonds. The molecule has 0 aromatic carbocycles. The van der Waals surface area contributed by atoms with E-state index in [-0.39, 0.29) is 0 Å². The van der Waals surface area contributed by atoms with Gasteiger partial charge in [0.25, 0.3) is 0 Å². The van der Waals surface area contributed by atoms with E-state index in [9.17, 15) is 4.79 Å². The van der Waals surface area contributed by atoms with Crippen LogP contribution < -0.4 is 0 Å². The highest BCUT2D eigenvalue weighted by Crippen LogP contribution is 2.07. The first-order valence-corrected chi connectivity index (χ1v) is 4.08. The van der Waals surface area contributed by atoms with Crippen LogP contribution in [0.5, 0.6) is 0 Å². The topological polar surface area (TPSA) is 98.0 Å². The maximum atomic E-state index is 10.4. The minimum absolute atomic E-state index is 0.838. The van der Waals surface area contributed by atoms with Gasteiger partial charge in [0.15, 0.2) is 6.10 Å². The van der Waals surface area contributed by atoms with Crippen molar-refractivity contribution in [3.05, 3.63) is 0 Å². The number of halogens is 1. The van der Waals surface area contributed by atoms with Crippen molar-refractivity contribution in [2.45, 2.75) is 31.3 Å². The summed E-state index contributed by atoms with van der Waals surface area (Å²) < 4.78 is -0.838. The fraction of sp³-hybridized carbons (Fsp3) is 0.833. The zero-order valence-corrected chi connectivity index (χ0v) is 7.97. The van der Waals surface area contributed by atoms with Gasteiger partial charge in [-0.3, -0.25) is 4.79 Å². The van der Waals surface area contributed by atoms with Gasteiger partial charge in [-0.25, -0.2) is 0 Å². The normalized spacial score (nSPS) is 21.2. The predicted octanol–water partition coefficient (Wildman–Crippen LogP) is -1.63. The quantitative estimate of drug-likeness (QED) is 0.444. The van der Waals surface area contributed by atoms with Gasteiger partial charge in [-0.1, -0.05) is 0 Å². The maximum absolute atomic E-state index is 10.4. The van der Waals surface area contributed by atoms with Gasteiger partial charge in [0.1, 0.15) is 12.2 Å². The summed E-state index contributed by atoms with van der Waals surface area (Å²) in [7, 11) is 0. The zero-order chi connectivity index (χ0) is 9.89. The van der Waals surface area contributed by atoms with Crippen molar-refractivity contribution in [2.24, 2.45) is 0 Å². The highest BCUT2D eigenvalue weighted by atomic mass is 79.9.